The molecule has 0 aromatic carbocycles. The van der Waals surface area contributed by atoms with Crippen molar-refractivity contribution in [2.75, 3.05) is 0 Å². The lowest BCUT2D eigenvalue weighted by molar-refractivity contribution is -0.332. The predicted molar refractivity (Wildman–Crippen MR) is 53.4 cm³/mol. The highest BCUT2D eigenvalue weighted by molar-refractivity contribution is 5.27. The summed E-state index contributed by atoms with van der Waals surface area (Å²) < 4.78 is 0. The van der Waals surface area contributed by atoms with E-state index in [1.54, 1.807) is 0 Å². The van der Waals surface area contributed by atoms with Gasteiger partial charge in [0.15, 0.2) is 0 Å². The third-order valence-electron chi connectivity index (χ3n) is 4.40. The van der Waals surface area contributed by atoms with Gasteiger partial charge in [-0.3, -0.25) is 5.26 Å². The molecule has 0 aromatic rings. The average Bonchev–Trinajstić information content (AvgIpc) is 2.10. The Hall–Kier alpha value is -0.340. The lowest BCUT2D eigenvalue weighted by atomic mass is 9.65. The van der Waals surface area contributed by atoms with Crippen LogP contribution in [0.25, 0.3) is 0 Å². The van der Waals surface area contributed by atoms with Crippen LogP contribution in [0.2, 0.25) is 0 Å². The Bertz CT molecular complexity index is 240. The third-order valence-corrected chi connectivity index (χ3v) is 4.40. The molecule has 1 N–H and O–H groups in total. The van der Waals surface area contributed by atoms with Gasteiger partial charge in [-0.1, -0.05) is 34.3 Å². The first-order valence-corrected chi connectivity index (χ1v) is 4.70. The molecule has 1 unspecified atom stereocenters. The summed E-state index contributed by atoms with van der Waals surface area (Å²) in [6.07, 6.45) is 0.900. The monoisotopic (exact) mass is 184 g/mol. The van der Waals surface area contributed by atoms with E-state index in [1.165, 1.54) is 0 Å². The van der Waals surface area contributed by atoms with Crippen LogP contribution in [-0.4, -0.2) is 10.9 Å². The van der Waals surface area contributed by atoms with E-state index in [2.05, 4.69) is 39.2 Å². The van der Waals surface area contributed by atoms with Crippen LogP contribution in [0.1, 0.15) is 41.0 Å². The summed E-state index contributed by atoms with van der Waals surface area (Å²) in [6, 6.07) is 0. The minimum atomic E-state index is -0.615. The summed E-state index contributed by atoms with van der Waals surface area (Å²) in [4.78, 5) is 4.66. The summed E-state index contributed by atoms with van der Waals surface area (Å²) in [5.41, 5.74) is 0.370. The van der Waals surface area contributed by atoms with Crippen LogP contribution in [0.5, 0.6) is 0 Å². The highest BCUT2D eigenvalue weighted by Gasteiger charge is 2.59. The molecule has 0 amide bonds. The molecule has 0 heterocycles. The van der Waals surface area contributed by atoms with Crippen LogP contribution in [0, 0.1) is 10.8 Å². The molecule has 1 aliphatic rings. The van der Waals surface area contributed by atoms with Gasteiger partial charge in [-0.25, -0.2) is 4.89 Å². The molecule has 0 aliphatic heterocycles. The predicted octanol–water partition coefficient (Wildman–Crippen LogP) is 3.25. The van der Waals surface area contributed by atoms with Gasteiger partial charge in [0.1, 0.15) is 5.60 Å². The van der Waals surface area contributed by atoms with E-state index in [1.807, 2.05) is 6.92 Å². The minimum absolute atomic E-state index is 0.105. The van der Waals surface area contributed by atoms with Gasteiger partial charge in [0.25, 0.3) is 0 Å². The first-order chi connectivity index (χ1) is 5.69. The maximum Gasteiger partial charge on any atom is 0.127 e. The van der Waals surface area contributed by atoms with E-state index in [9.17, 15) is 0 Å². The summed E-state index contributed by atoms with van der Waals surface area (Å²) in [5.74, 6) is 0. The van der Waals surface area contributed by atoms with Crippen molar-refractivity contribution in [3.05, 3.63) is 12.2 Å². The zero-order chi connectivity index (χ0) is 10.5. The molecule has 2 heteroatoms. The van der Waals surface area contributed by atoms with Crippen LogP contribution < -0.4 is 0 Å². The average molecular weight is 184 g/mol. The molecule has 1 rings (SSSR count). The van der Waals surface area contributed by atoms with Crippen molar-refractivity contribution in [3.8, 4) is 0 Å². The zero-order valence-electron chi connectivity index (χ0n) is 9.27. The van der Waals surface area contributed by atoms with Gasteiger partial charge in [-0.15, -0.1) is 0 Å². The van der Waals surface area contributed by atoms with Gasteiger partial charge in [-0.2, -0.15) is 0 Å². The van der Waals surface area contributed by atoms with Crippen LogP contribution in [0.3, 0.4) is 0 Å². The van der Waals surface area contributed by atoms with Crippen molar-refractivity contribution in [1.29, 1.82) is 0 Å². The Morgan fingerprint density at radius 3 is 1.85 bits per heavy atom. The zero-order valence-corrected chi connectivity index (χ0v) is 9.27. The standard InChI is InChI=1S/C11H20O2/c1-8-7-9(2,3)10(4,5)11(8,6)13-12/h12H,1,7H2,2-6H3. The summed E-state index contributed by atoms with van der Waals surface area (Å²) in [7, 11) is 0. The molecular formula is C11H20O2. The Morgan fingerprint density at radius 1 is 1.23 bits per heavy atom. The molecule has 2 nitrogen and oxygen atoms in total. The van der Waals surface area contributed by atoms with E-state index in [0.29, 0.717) is 0 Å². The Labute approximate surface area is 80.5 Å². The SMILES string of the molecule is C=C1CC(C)(C)C(C)(C)C1(C)OO. The van der Waals surface area contributed by atoms with Crippen LogP contribution in [0.15, 0.2) is 12.2 Å². The van der Waals surface area contributed by atoms with Crippen molar-refractivity contribution in [2.24, 2.45) is 10.8 Å². The van der Waals surface area contributed by atoms with Gasteiger partial charge >= 0.3 is 0 Å². The van der Waals surface area contributed by atoms with E-state index < -0.39 is 5.60 Å². The second kappa shape index (κ2) is 2.58. The van der Waals surface area contributed by atoms with E-state index in [4.69, 9.17) is 5.26 Å². The van der Waals surface area contributed by atoms with Gasteiger partial charge in [0, 0.05) is 5.41 Å². The highest BCUT2D eigenvalue weighted by Crippen LogP contribution is 2.60. The Balaban J connectivity index is 3.21. The molecule has 1 atom stereocenters. The molecule has 0 radical (unpaired) electrons. The maximum atomic E-state index is 9.00. The molecule has 1 fully saturated rings. The fraction of sp³-hybridized carbons (Fsp3) is 0.818. The minimum Gasteiger partial charge on any atom is -0.251 e. The smallest absolute Gasteiger partial charge is 0.127 e. The summed E-state index contributed by atoms with van der Waals surface area (Å²) >= 11 is 0. The molecule has 13 heavy (non-hydrogen) atoms. The quantitative estimate of drug-likeness (QED) is 0.385. The summed E-state index contributed by atoms with van der Waals surface area (Å²) in [5, 5.41) is 9.00. The van der Waals surface area contributed by atoms with Crippen LogP contribution in [-0.2, 0) is 4.89 Å². The molecular weight excluding hydrogens is 164 g/mol. The first kappa shape index (κ1) is 10.7. The maximum absolute atomic E-state index is 9.00. The van der Waals surface area contributed by atoms with E-state index in [0.717, 1.165) is 12.0 Å². The van der Waals surface area contributed by atoms with Crippen molar-refractivity contribution in [1.82, 2.24) is 0 Å². The molecule has 0 saturated heterocycles. The Morgan fingerprint density at radius 2 is 1.69 bits per heavy atom. The lowest BCUT2D eigenvalue weighted by Crippen LogP contribution is -2.45. The second-order valence-electron chi connectivity index (χ2n) is 5.41. The molecule has 0 bridgehead atoms. The Kier molecular flexibility index (Phi) is 2.13. The number of hydrogen-bond acceptors (Lipinski definition) is 2. The van der Waals surface area contributed by atoms with Crippen LogP contribution in [0.4, 0.5) is 0 Å². The topological polar surface area (TPSA) is 29.5 Å². The number of hydrogen-bond donors (Lipinski definition) is 1. The molecule has 1 saturated carbocycles. The van der Waals surface area contributed by atoms with E-state index >= 15 is 0 Å². The lowest BCUT2D eigenvalue weighted by Gasteiger charge is -2.43. The number of rotatable bonds is 1. The van der Waals surface area contributed by atoms with Gasteiger partial charge in [0.2, 0.25) is 0 Å². The largest absolute Gasteiger partial charge is 0.251 e. The normalized spacial score (nSPS) is 36.6. The van der Waals surface area contributed by atoms with Crippen LogP contribution >= 0.6 is 0 Å². The van der Waals surface area contributed by atoms with Gasteiger partial charge in [-0.05, 0) is 24.3 Å². The van der Waals surface area contributed by atoms with Crippen molar-refractivity contribution in [3.63, 3.8) is 0 Å². The fourth-order valence-electron chi connectivity index (χ4n) is 2.19. The molecule has 76 valence electrons. The van der Waals surface area contributed by atoms with Gasteiger partial charge < -0.3 is 0 Å². The highest BCUT2D eigenvalue weighted by atomic mass is 17.1. The summed E-state index contributed by atoms with van der Waals surface area (Å²) in [6.45, 7) is 14.5. The fourth-order valence-corrected chi connectivity index (χ4v) is 2.19. The molecule has 0 aromatic heterocycles. The molecule has 0 spiro atoms. The third kappa shape index (κ3) is 1.09. The first-order valence-electron chi connectivity index (χ1n) is 4.70. The second-order valence-corrected chi connectivity index (χ2v) is 5.41. The van der Waals surface area contributed by atoms with Crippen molar-refractivity contribution in [2.45, 2.75) is 46.6 Å². The molecule has 1 aliphatic carbocycles. The van der Waals surface area contributed by atoms with E-state index in [-0.39, 0.29) is 10.8 Å². The van der Waals surface area contributed by atoms with Crippen molar-refractivity contribution >= 4 is 0 Å². The van der Waals surface area contributed by atoms with Gasteiger partial charge in [0.05, 0.1) is 0 Å². The van der Waals surface area contributed by atoms with Crippen molar-refractivity contribution < 1.29 is 10.1 Å².